The van der Waals surface area contributed by atoms with E-state index in [1.807, 2.05) is 24.4 Å². The molecule has 2 N–H and O–H groups in total. The number of pyridine rings is 2. The Morgan fingerprint density at radius 3 is 3.00 bits per heavy atom. The molecule has 6 nitrogen and oxygen atoms in total. The van der Waals surface area contributed by atoms with E-state index in [0.29, 0.717) is 16.5 Å². The average molecular weight is 370 g/mol. The van der Waals surface area contributed by atoms with Gasteiger partial charge in [0.2, 0.25) is 5.91 Å². The van der Waals surface area contributed by atoms with E-state index in [1.165, 1.54) is 0 Å². The maximum Gasteiger partial charge on any atom is 0.231 e. The summed E-state index contributed by atoms with van der Waals surface area (Å²) in [7, 11) is 0. The number of carbonyl (C=O) groups excluding carboxylic acids is 1. The van der Waals surface area contributed by atoms with Gasteiger partial charge in [0.25, 0.3) is 0 Å². The molecule has 0 aliphatic heterocycles. The van der Waals surface area contributed by atoms with Gasteiger partial charge in [-0.1, -0.05) is 11.6 Å². The number of rotatable bonds is 3. The molecule has 1 amide bonds. The van der Waals surface area contributed by atoms with Crippen LogP contribution < -0.4 is 5.32 Å². The first-order valence-corrected chi connectivity index (χ1v) is 8.53. The molecule has 2 atom stereocenters. The second-order valence-electron chi connectivity index (χ2n) is 6.38. The third kappa shape index (κ3) is 2.43. The van der Waals surface area contributed by atoms with E-state index < -0.39 is 12.1 Å². The molecule has 4 aromatic rings. The van der Waals surface area contributed by atoms with Crippen LogP contribution in [-0.2, 0) is 4.79 Å². The SMILES string of the molecule is O=C(Nc1cn2cc(-c3cnc4[nH]ccc4c3Cl)ccc2n1)C1CC1F. The standard InChI is InChI=1S/C18H13ClFN5O/c19-16-10-3-4-21-17(10)22-6-12(16)9-1-2-15-23-14(8-25(15)7-9)24-18(26)11-5-13(11)20/h1-4,6-8,11,13H,5H2,(H,21,22)(H,24,26). The lowest BCUT2D eigenvalue weighted by Crippen LogP contribution is -2.15. The highest BCUT2D eigenvalue weighted by atomic mass is 35.5. The van der Waals surface area contributed by atoms with Crippen LogP contribution in [0.3, 0.4) is 0 Å². The fourth-order valence-electron chi connectivity index (χ4n) is 3.04. The molecule has 1 aliphatic carbocycles. The normalized spacial score (nSPS) is 19.2. The van der Waals surface area contributed by atoms with Gasteiger partial charge in [0.1, 0.15) is 17.5 Å². The molecule has 26 heavy (non-hydrogen) atoms. The number of alkyl halides is 1. The van der Waals surface area contributed by atoms with Crippen LogP contribution in [-0.4, -0.2) is 31.4 Å². The van der Waals surface area contributed by atoms with E-state index in [9.17, 15) is 9.18 Å². The molecule has 4 heterocycles. The molecule has 5 rings (SSSR count). The van der Waals surface area contributed by atoms with Gasteiger partial charge in [-0.15, -0.1) is 0 Å². The summed E-state index contributed by atoms with van der Waals surface area (Å²) in [4.78, 5) is 23.6. The first-order chi connectivity index (χ1) is 12.6. The van der Waals surface area contributed by atoms with E-state index in [2.05, 4.69) is 20.3 Å². The lowest BCUT2D eigenvalue weighted by molar-refractivity contribution is -0.117. The number of hydrogen-bond acceptors (Lipinski definition) is 3. The summed E-state index contributed by atoms with van der Waals surface area (Å²) in [5.74, 6) is -0.476. The third-order valence-electron chi connectivity index (χ3n) is 4.58. The molecule has 0 bridgehead atoms. The van der Waals surface area contributed by atoms with Crippen molar-refractivity contribution in [2.24, 2.45) is 5.92 Å². The number of amides is 1. The molecular formula is C18H13ClFN5O. The highest BCUT2D eigenvalue weighted by Gasteiger charge is 2.43. The zero-order valence-corrected chi connectivity index (χ0v) is 14.2. The lowest BCUT2D eigenvalue weighted by Gasteiger charge is -2.05. The van der Waals surface area contributed by atoms with Crippen molar-refractivity contribution >= 4 is 40.0 Å². The van der Waals surface area contributed by atoms with Crippen LogP contribution >= 0.6 is 11.6 Å². The maximum absolute atomic E-state index is 13.0. The molecule has 4 aromatic heterocycles. The van der Waals surface area contributed by atoms with Gasteiger partial charge in [-0.3, -0.25) is 4.79 Å². The van der Waals surface area contributed by atoms with E-state index >= 15 is 0 Å². The number of nitrogens with one attached hydrogen (secondary N) is 2. The molecule has 1 saturated carbocycles. The molecule has 0 radical (unpaired) electrons. The largest absolute Gasteiger partial charge is 0.346 e. The first kappa shape index (κ1) is 15.3. The number of H-pyrrole nitrogens is 1. The quantitative estimate of drug-likeness (QED) is 0.576. The monoisotopic (exact) mass is 369 g/mol. The number of aromatic amines is 1. The number of halogens is 2. The number of hydrogen-bond donors (Lipinski definition) is 2. The van der Waals surface area contributed by atoms with E-state index in [1.54, 1.807) is 23.0 Å². The van der Waals surface area contributed by atoms with Crippen molar-refractivity contribution in [3.8, 4) is 11.1 Å². The molecule has 0 aromatic carbocycles. The van der Waals surface area contributed by atoms with Crippen LogP contribution in [0.15, 0.2) is 43.0 Å². The molecule has 0 spiro atoms. The van der Waals surface area contributed by atoms with Gasteiger partial charge in [-0.2, -0.15) is 0 Å². The molecule has 0 saturated heterocycles. The Balaban J connectivity index is 1.50. The van der Waals surface area contributed by atoms with Gasteiger partial charge in [-0.25, -0.2) is 14.4 Å². The minimum Gasteiger partial charge on any atom is -0.346 e. The summed E-state index contributed by atoms with van der Waals surface area (Å²) in [6.45, 7) is 0. The van der Waals surface area contributed by atoms with Crippen LogP contribution in [0.1, 0.15) is 6.42 Å². The van der Waals surface area contributed by atoms with Gasteiger partial charge in [0.15, 0.2) is 5.82 Å². The predicted octanol–water partition coefficient (Wildman–Crippen LogP) is 3.83. The summed E-state index contributed by atoms with van der Waals surface area (Å²) >= 11 is 6.52. The van der Waals surface area contributed by atoms with Crippen molar-refractivity contribution in [1.29, 1.82) is 0 Å². The number of fused-ring (bicyclic) bond motifs is 2. The lowest BCUT2D eigenvalue weighted by atomic mass is 10.1. The summed E-state index contributed by atoms with van der Waals surface area (Å²) in [6, 6.07) is 5.61. The minimum absolute atomic E-state index is 0.288. The predicted molar refractivity (Wildman–Crippen MR) is 96.9 cm³/mol. The first-order valence-electron chi connectivity index (χ1n) is 8.16. The van der Waals surface area contributed by atoms with E-state index in [-0.39, 0.29) is 12.3 Å². The highest BCUT2D eigenvalue weighted by molar-refractivity contribution is 6.38. The van der Waals surface area contributed by atoms with Crippen molar-refractivity contribution in [3.63, 3.8) is 0 Å². The number of aromatic nitrogens is 4. The number of anilines is 1. The minimum atomic E-state index is -1.03. The molecular weight excluding hydrogens is 357 g/mol. The number of carbonyl (C=O) groups is 1. The van der Waals surface area contributed by atoms with Crippen LogP contribution in [0.4, 0.5) is 10.2 Å². The van der Waals surface area contributed by atoms with E-state index in [0.717, 1.165) is 22.2 Å². The Bertz CT molecular complexity index is 1170. The molecule has 2 unspecified atom stereocenters. The second-order valence-corrected chi connectivity index (χ2v) is 6.76. The topological polar surface area (TPSA) is 75.1 Å². The van der Waals surface area contributed by atoms with Gasteiger partial charge in [0.05, 0.1) is 17.1 Å². The molecule has 1 aliphatic rings. The van der Waals surface area contributed by atoms with Gasteiger partial charge in [-0.05, 0) is 24.6 Å². The zero-order chi connectivity index (χ0) is 17.8. The van der Waals surface area contributed by atoms with Crippen LogP contribution in [0.25, 0.3) is 27.8 Å². The summed E-state index contributed by atoms with van der Waals surface area (Å²) in [5, 5.41) is 4.13. The van der Waals surface area contributed by atoms with Gasteiger partial charge in [0, 0.05) is 35.1 Å². The van der Waals surface area contributed by atoms with Crippen molar-refractivity contribution in [2.45, 2.75) is 12.6 Å². The Morgan fingerprint density at radius 1 is 1.35 bits per heavy atom. The van der Waals surface area contributed by atoms with Crippen LogP contribution in [0.5, 0.6) is 0 Å². The van der Waals surface area contributed by atoms with Gasteiger partial charge < -0.3 is 14.7 Å². The highest BCUT2D eigenvalue weighted by Crippen LogP contribution is 2.35. The third-order valence-corrected chi connectivity index (χ3v) is 4.99. The summed E-state index contributed by atoms with van der Waals surface area (Å²) in [5.41, 5.74) is 3.08. The second kappa shape index (κ2) is 5.54. The Labute approximate surface area is 152 Å². The average Bonchev–Trinajstić information content (AvgIpc) is 3.03. The van der Waals surface area contributed by atoms with E-state index in [4.69, 9.17) is 11.6 Å². The Hall–Kier alpha value is -2.93. The number of imidazole rings is 1. The van der Waals surface area contributed by atoms with Crippen molar-refractivity contribution in [2.75, 3.05) is 5.32 Å². The fourth-order valence-corrected chi connectivity index (χ4v) is 3.35. The van der Waals surface area contributed by atoms with Crippen molar-refractivity contribution in [3.05, 3.63) is 48.0 Å². The Morgan fingerprint density at radius 2 is 2.19 bits per heavy atom. The molecule has 130 valence electrons. The van der Waals surface area contributed by atoms with Crippen molar-refractivity contribution < 1.29 is 9.18 Å². The number of nitrogens with zero attached hydrogens (tertiary/aromatic N) is 3. The molecule has 8 heteroatoms. The van der Waals surface area contributed by atoms with Crippen LogP contribution in [0, 0.1) is 5.92 Å². The zero-order valence-electron chi connectivity index (χ0n) is 13.4. The Kier molecular flexibility index (Phi) is 3.27. The maximum atomic E-state index is 13.0. The van der Waals surface area contributed by atoms with Crippen molar-refractivity contribution in [1.82, 2.24) is 19.4 Å². The van der Waals surface area contributed by atoms with Gasteiger partial charge >= 0.3 is 0 Å². The summed E-state index contributed by atoms with van der Waals surface area (Å²) in [6.07, 6.45) is 6.34. The smallest absolute Gasteiger partial charge is 0.231 e. The molecule has 1 fully saturated rings. The summed E-state index contributed by atoms with van der Waals surface area (Å²) < 4.78 is 14.8. The fraction of sp³-hybridized carbons (Fsp3) is 0.167. The van der Waals surface area contributed by atoms with Crippen LogP contribution in [0.2, 0.25) is 5.02 Å².